The molecule has 0 bridgehead atoms. The third-order valence-electron chi connectivity index (χ3n) is 8.42. The van der Waals surface area contributed by atoms with Gasteiger partial charge in [0.15, 0.2) is 0 Å². The molecule has 43 heavy (non-hydrogen) atoms. The molecule has 1 heteroatoms. The number of para-hydroxylation sites is 1. The lowest BCUT2D eigenvalue weighted by molar-refractivity contribution is 1.31. The lowest BCUT2D eigenvalue weighted by atomic mass is 9.89. The van der Waals surface area contributed by atoms with Crippen LogP contribution in [-0.2, 0) is 0 Å². The summed E-state index contributed by atoms with van der Waals surface area (Å²) in [6.45, 7) is 0. The van der Waals surface area contributed by atoms with Crippen molar-refractivity contribution in [2.75, 3.05) is 4.90 Å². The van der Waals surface area contributed by atoms with Gasteiger partial charge in [-0.1, -0.05) is 152 Å². The van der Waals surface area contributed by atoms with Crippen molar-refractivity contribution in [1.29, 1.82) is 0 Å². The zero-order valence-electron chi connectivity index (χ0n) is 23.7. The van der Waals surface area contributed by atoms with E-state index in [2.05, 4.69) is 181 Å². The summed E-state index contributed by atoms with van der Waals surface area (Å²) in [7, 11) is 0. The van der Waals surface area contributed by atoms with Crippen LogP contribution in [0.5, 0.6) is 0 Å². The van der Waals surface area contributed by atoms with Crippen molar-refractivity contribution >= 4 is 49.4 Å². The molecule has 202 valence electrons. The Balaban J connectivity index is 1.47. The van der Waals surface area contributed by atoms with Gasteiger partial charge in [0.1, 0.15) is 0 Å². The summed E-state index contributed by atoms with van der Waals surface area (Å²) in [4.78, 5) is 2.45. The van der Waals surface area contributed by atoms with E-state index in [9.17, 15) is 0 Å². The first-order chi connectivity index (χ1) is 21.3. The van der Waals surface area contributed by atoms with E-state index in [1.807, 2.05) is 0 Å². The lowest BCUT2D eigenvalue weighted by Gasteiger charge is -2.31. The van der Waals surface area contributed by atoms with Crippen LogP contribution in [-0.4, -0.2) is 0 Å². The van der Waals surface area contributed by atoms with Gasteiger partial charge in [-0.05, 0) is 67.9 Å². The average Bonchev–Trinajstić information content (AvgIpc) is 3.09. The first-order valence-electron chi connectivity index (χ1n) is 14.8. The smallest absolute Gasteiger partial charge is 0.0624 e. The molecule has 0 fully saturated rings. The quantitative estimate of drug-likeness (QED) is 0.194. The summed E-state index contributed by atoms with van der Waals surface area (Å²) in [5.74, 6) is 0. The Morgan fingerprint density at radius 2 is 0.814 bits per heavy atom. The van der Waals surface area contributed by atoms with E-state index in [0.29, 0.717) is 0 Å². The molecule has 0 saturated heterocycles. The van der Waals surface area contributed by atoms with Crippen LogP contribution in [0.4, 0.5) is 17.1 Å². The predicted octanol–water partition coefficient (Wildman–Crippen LogP) is 11.9. The highest BCUT2D eigenvalue weighted by molar-refractivity contribution is 6.22. The number of fused-ring (bicyclic) bond motifs is 4. The Morgan fingerprint density at radius 3 is 1.53 bits per heavy atom. The topological polar surface area (TPSA) is 3.24 Å². The molecule has 0 aliphatic rings. The van der Waals surface area contributed by atoms with Crippen LogP contribution in [0.3, 0.4) is 0 Å². The Bertz CT molecular complexity index is 2220. The van der Waals surface area contributed by atoms with E-state index < -0.39 is 0 Å². The molecule has 0 heterocycles. The molecule has 0 aromatic heterocycles. The van der Waals surface area contributed by atoms with Crippen LogP contribution in [0.2, 0.25) is 0 Å². The summed E-state index contributed by atoms with van der Waals surface area (Å²) in [5.41, 5.74) is 8.30. The van der Waals surface area contributed by atoms with Gasteiger partial charge in [-0.3, -0.25) is 0 Å². The maximum Gasteiger partial charge on any atom is 0.0624 e. The molecule has 0 spiro atoms. The number of benzene rings is 8. The molecule has 0 aliphatic heterocycles. The number of anilines is 3. The molecule has 0 atom stereocenters. The van der Waals surface area contributed by atoms with Crippen molar-refractivity contribution in [3.63, 3.8) is 0 Å². The largest absolute Gasteiger partial charge is 0.309 e. The van der Waals surface area contributed by atoms with Crippen molar-refractivity contribution in [3.8, 4) is 22.3 Å². The SMILES string of the molecule is c1ccc(-c2ccc(-c3c(N(c4ccccc4)c4ccc5ccccc5c4)c4ccccc4c4ccccc34)cc2)cc1. The second-order valence-electron chi connectivity index (χ2n) is 11.0. The molecule has 0 unspecified atom stereocenters. The van der Waals surface area contributed by atoms with Gasteiger partial charge >= 0.3 is 0 Å². The Morgan fingerprint density at radius 1 is 0.302 bits per heavy atom. The summed E-state index contributed by atoms with van der Waals surface area (Å²) >= 11 is 0. The van der Waals surface area contributed by atoms with Gasteiger partial charge < -0.3 is 4.90 Å². The van der Waals surface area contributed by atoms with E-state index in [-0.39, 0.29) is 0 Å². The monoisotopic (exact) mass is 547 g/mol. The minimum absolute atomic E-state index is 1.13. The van der Waals surface area contributed by atoms with Crippen molar-refractivity contribution in [2.45, 2.75) is 0 Å². The fourth-order valence-corrected chi connectivity index (χ4v) is 6.41. The van der Waals surface area contributed by atoms with Gasteiger partial charge in [0, 0.05) is 22.3 Å². The number of nitrogens with zero attached hydrogens (tertiary/aromatic N) is 1. The van der Waals surface area contributed by atoms with Crippen molar-refractivity contribution in [3.05, 3.63) is 176 Å². The lowest BCUT2D eigenvalue weighted by Crippen LogP contribution is -2.12. The van der Waals surface area contributed by atoms with Gasteiger partial charge in [0.2, 0.25) is 0 Å². The second-order valence-corrected chi connectivity index (χ2v) is 11.0. The zero-order chi connectivity index (χ0) is 28.6. The molecule has 0 N–H and O–H groups in total. The highest BCUT2D eigenvalue weighted by Gasteiger charge is 2.23. The molecule has 1 nitrogen and oxygen atoms in total. The Labute approximate surface area is 251 Å². The zero-order valence-corrected chi connectivity index (χ0v) is 23.7. The Hall–Kier alpha value is -5.66. The number of hydrogen-bond acceptors (Lipinski definition) is 1. The summed E-state index contributed by atoms with van der Waals surface area (Å²) in [6.07, 6.45) is 0. The van der Waals surface area contributed by atoms with Crippen LogP contribution >= 0.6 is 0 Å². The molecule has 0 aliphatic carbocycles. The summed E-state index contributed by atoms with van der Waals surface area (Å²) < 4.78 is 0. The molecular formula is C42H29N. The minimum atomic E-state index is 1.13. The average molecular weight is 548 g/mol. The molecule has 8 rings (SSSR count). The fourth-order valence-electron chi connectivity index (χ4n) is 6.41. The number of rotatable bonds is 5. The molecule has 8 aromatic rings. The van der Waals surface area contributed by atoms with Gasteiger partial charge in [-0.15, -0.1) is 0 Å². The first-order valence-corrected chi connectivity index (χ1v) is 14.8. The van der Waals surface area contributed by atoms with E-state index in [4.69, 9.17) is 0 Å². The van der Waals surface area contributed by atoms with E-state index >= 15 is 0 Å². The van der Waals surface area contributed by atoms with Gasteiger partial charge in [-0.25, -0.2) is 0 Å². The second kappa shape index (κ2) is 10.6. The van der Waals surface area contributed by atoms with Crippen LogP contribution in [0.15, 0.2) is 176 Å². The van der Waals surface area contributed by atoms with Crippen molar-refractivity contribution in [1.82, 2.24) is 0 Å². The van der Waals surface area contributed by atoms with Crippen LogP contribution < -0.4 is 4.90 Å². The molecule has 0 saturated carbocycles. The summed E-state index contributed by atoms with van der Waals surface area (Å²) in [5, 5.41) is 7.43. The number of hydrogen-bond donors (Lipinski definition) is 0. The van der Waals surface area contributed by atoms with Gasteiger partial charge in [-0.2, -0.15) is 0 Å². The van der Waals surface area contributed by atoms with Crippen LogP contribution in [0, 0.1) is 0 Å². The van der Waals surface area contributed by atoms with E-state index in [1.54, 1.807) is 0 Å². The highest BCUT2D eigenvalue weighted by Crippen LogP contribution is 2.49. The third kappa shape index (κ3) is 4.43. The van der Waals surface area contributed by atoms with Crippen molar-refractivity contribution < 1.29 is 0 Å². The van der Waals surface area contributed by atoms with Crippen molar-refractivity contribution in [2.24, 2.45) is 0 Å². The molecule has 0 radical (unpaired) electrons. The maximum atomic E-state index is 2.45. The van der Waals surface area contributed by atoms with Gasteiger partial charge in [0.05, 0.1) is 5.69 Å². The minimum Gasteiger partial charge on any atom is -0.309 e. The van der Waals surface area contributed by atoms with Gasteiger partial charge in [0.25, 0.3) is 0 Å². The van der Waals surface area contributed by atoms with Crippen LogP contribution in [0.1, 0.15) is 0 Å². The van der Waals surface area contributed by atoms with E-state index in [0.717, 1.165) is 11.4 Å². The Kier molecular flexibility index (Phi) is 6.20. The first kappa shape index (κ1) is 25.1. The maximum absolute atomic E-state index is 2.45. The highest BCUT2D eigenvalue weighted by atomic mass is 15.1. The molecule has 0 amide bonds. The third-order valence-corrected chi connectivity index (χ3v) is 8.42. The van der Waals surface area contributed by atoms with E-state index in [1.165, 1.54) is 60.3 Å². The normalized spacial score (nSPS) is 11.3. The van der Waals surface area contributed by atoms with Crippen LogP contribution in [0.25, 0.3) is 54.6 Å². The molecule has 8 aromatic carbocycles. The molecular weight excluding hydrogens is 518 g/mol. The fraction of sp³-hybridized carbons (Fsp3) is 0. The summed E-state index contributed by atoms with van der Waals surface area (Å²) in [6, 6.07) is 63.5. The predicted molar refractivity (Wildman–Crippen MR) is 185 cm³/mol. The standard InChI is InChI=1S/C42H29N/c1-3-13-30(14-4-1)32-23-25-33(26-24-32)41-39-21-11-9-19-37(39)38-20-10-12-22-40(38)42(41)43(35-17-5-2-6-18-35)36-28-27-31-15-7-8-16-34(31)29-36/h1-29H.